The molecule has 0 aliphatic heterocycles. The summed E-state index contributed by atoms with van der Waals surface area (Å²) < 4.78 is 37.8. The van der Waals surface area contributed by atoms with Gasteiger partial charge in [-0.05, 0) is 12.3 Å². The fourth-order valence-electron chi connectivity index (χ4n) is 0.677. The van der Waals surface area contributed by atoms with Crippen molar-refractivity contribution in [1.29, 1.82) is 0 Å². The highest BCUT2D eigenvalue weighted by Gasteiger charge is 2.47. The summed E-state index contributed by atoms with van der Waals surface area (Å²) >= 11 is -0.535. The first kappa shape index (κ1) is 14.6. The predicted octanol–water partition coefficient (Wildman–Crippen LogP) is 2.63. The molecule has 15 heavy (non-hydrogen) atoms. The number of hydrogen-bond acceptors (Lipinski definition) is 3. The molecular formula is C8H14F3NO2S. The number of hydrogen-bond donors (Lipinski definition) is 2. The lowest BCUT2D eigenvalue weighted by atomic mass is 9.76. The third-order valence-corrected chi connectivity index (χ3v) is 3.04. The maximum Gasteiger partial charge on any atom is 0.456 e. The van der Waals surface area contributed by atoms with Gasteiger partial charge in [-0.25, -0.2) is 4.72 Å². The van der Waals surface area contributed by atoms with E-state index >= 15 is 0 Å². The van der Waals surface area contributed by atoms with Crippen LogP contribution in [-0.4, -0.2) is 22.1 Å². The maximum absolute atomic E-state index is 11.9. The van der Waals surface area contributed by atoms with Crippen molar-refractivity contribution in [2.24, 2.45) is 5.41 Å². The zero-order valence-corrected chi connectivity index (χ0v) is 9.71. The molecule has 0 aromatic heterocycles. The molecule has 0 radical (unpaired) electrons. The van der Waals surface area contributed by atoms with E-state index in [1.807, 2.05) is 4.72 Å². The highest BCUT2D eigenvalue weighted by molar-refractivity contribution is 7.98. The lowest BCUT2D eigenvalue weighted by Gasteiger charge is -2.38. The summed E-state index contributed by atoms with van der Waals surface area (Å²) in [6, 6.07) is 0. The molecule has 0 fully saturated rings. The Morgan fingerprint density at radius 3 is 1.80 bits per heavy atom. The van der Waals surface area contributed by atoms with Crippen LogP contribution >= 0.6 is 11.9 Å². The number of halogens is 3. The second-order valence-corrected chi connectivity index (χ2v) is 5.20. The summed E-state index contributed by atoms with van der Waals surface area (Å²) in [7, 11) is 0. The highest BCUT2D eigenvalue weighted by atomic mass is 32.2. The molecule has 1 atom stereocenters. The number of alkyl halides is 3. The molecule has 0 aliphatic carbocycles. The van der Waals surface area contributed by atoms with Crippen molar-refractivity contribution in [1.82, 2.24) is 4.72 Å². The van der Waals surface area contributed by atoms with Crippen LogP contribution in [0.15, 0.2) is 0 Å². The van der Waals surface area contributed by atoms with E-state index in [1.54, 1.807) is 20.8 Å². The lowest BCUT2D eigenvalue weighted by Crippen LogP contribution is -2.56. The Balaban J connectivity index is 4.78. The van der Waals surface area contributed by atoms with Gasteiger partial charge in [-0.15, -0.1) is 0 Å². The van der Waals surface area contributed by atoms with Gasteiger partial charge >= 0.3 is 11.5 Å². The Morgan fingerprint density at radius 2 is 1.60 bits per heavy atom. The van der Waals surface area contributed by atoms with Crippen LogP contribution in [0.4, 0.5) is 13.2 Å². The third kappa shape index (κ3) is 3.90. The average molecular weight is 245 g/mol. The second-order valence-electron chi connectivity index (χ2n) is 4.33. The van der Waals surface area contributed by atoms with Crippen molar-refractivity contribution < 1.29 is 23.1 Å². The Hall–Kier alpha value is -0.430. The van der Waals surface area contributed by atoms with Crippen LogP contribution in [0.2, 0.25) is 0 Å². The monoisotopic (exact) mass is 245 g/mol. The average Bonchev–Trinajstić information content (AvgIpc) is 1.95. The van der Waals surface area contributed by atoms with Gasteiger partial charge in [-0.1, -0.05) is 20.8 Å². The molecular weight excluding hydrogens is 231 g/mol. The Morgan fingerprint density at radius 1 is 1.20 bits per heavy atom. The number of aliphatic carboxylic acids is 1. The van der Waals surface area contributed by atoms with Crippen molar-refractivity contribution in [2.75, 3.05) is 0 Å². The standard InChI is InChI=1S/C8H14F3NO2S/c1-6(2,3)7(4,5(13)14)12-15-8(9,10)11/h12H,1-4H3,(H,13,14)/t7-/m1/s1. The van der Waals surface area contributed by atoms with Crippen LogP contribution in [0, 0.1) is 5.41 Å². The van der Waals surface area contributed by atoms with E-state index in [4.69, 9.17) is 5.11 Å². The van der Waals surface area contributed by atoms with Gasteiger partial charge in [-0.3, -0.25) is 4.79 Å². The quantitative estimate of drug-likeness (QED) is 0.750. The number of carboxylic acid groups (broad SMARTS) is 1. The predicted molar refractivity (Wildman–Crippen MR) is 52.3 cm³/mol. The van der Waals surface area contributed by atoms with E-state index in [-0.39, 0.29) is 0 Å². The van der Waals surface area contributed by atoms with Crippen LogP contribution in [0.25, 0.3) is 0 Å². The normalized spacial score (nSPS) is 17.3. The van der Waals surface area contributed by atoms with Gasteiger partial charge in [0, 0.05) is 11.9 Å². The second kappa shape index (κ2) is 4.21. The summed E-state index contributed by atoms with van der Waals surface area (Å²) in [5.74, 6) is -1.31. The van der Waals surface area contributed by atoms with Gasteiger partial charge in [0.25, 0.3) is 0 Å². The minimum atomic E-state index is -4.50. The molecule has 3 nitrogen and oxygen atoms in total. The van der Waals surface area contributed by atoms with Crippen LogP contribution in [0.3, 0.4) is 0 Å². The third-order valence-electron chi connectivity index (χ3n) is 2.30. The van der Waals surface area contributed by atoms with Crippen LogP contribution < -0.4 is 4.72 Å². The Bertz CT molecular complexity index is 249. The van der Waals surface area contributed by atoms with Crippen molar-refractivity contribution in [3.63, 3.8) is 0 Å². The molecule has 7 heteroatoms. The van der Waals surface area contributed by atoms with Crippen molar-refractivity contribution in [3.8, 4) is 0 Å². The number of carboxylic acids is 1. The fourth-order valence-corrected chi connectivity index (χ4v) is 1.39. The molecule has 0 rings (SSSR count). The summed E-state index contributed by atoms with van der Waals surface area (Å²) in [4.78, 5) is 10.9. The SMILES string of the molecule is CC(C)(C)[C@](C)(NSC(F)(F)F)C(=O)O. The Labute approximate surface area is 90.6 Å². The van der Waals surface area contributed by atoms with E-state index in [0.29, 0.717) is 0 Å². The van der Waals surface area contributed by atoms with Gasteiger partial charge < -0.3 is 5.11 Å². The van der Waals surface area contributed by atoms with E-state index in [2.05, 4.69) is 0 Å². The largest absolute Gasteiger partial charge is 0.480 e. The topological polar surface area (TPSA) is 49.3 Å². The number of carbonyl (C=O) groups is 1. The van der Waals surface area contributed by atoms with Gasteiger partial charge in [0.2, 0.25) is 0 Å². The zero-order chi connectivity index (χ0) is 12.5. The molecule has 0 unspecified atom stereocenters. The van der Waals surface area contributed by atoms with Crippen molar-refractivity contribution in [2.45, 2.75) is 38.7 Å². The first-order valence-electron chi connectivity index (χ1n) is 4.15. The first-order valence-corrected chi connectivity index (χ1v) is 4.97. The molecule has 90 valence electrons. The summed E-state index contributed by atoms with van der Waals surface area (Å²) in [6.45, 7) is 5.91. The minimum absolute atomic E-state index is 0.535. The van der Waals surface area contributed by atoms with E-state index in [9.17, 15) is 18.0 Å². The van der Waals surface area contributed by atoms with Crippen LogP contribution in [-0.2, 0) is 4.79 Å². The van der Waals surface area contributed by atoms with Crippen LogP contribution in [0.5, 0.6) is 0 Å². The molecule has 0 aromatic carbocycles. The zero-order valence-electron chi connectivity index (χ0n) is 8.90. The van der Waals surface area contributed by atoms with Crippen LogP contribution in [0.1, 0.15) is 27.7 Å². The molecule has 0 saturated heterocycles. The molecule has 0 aromatic rings. The molecule has 0 saturated carbocycles. The van der Waals surface area contributed by atoms with Gasteiger partial charge in [0.05, 0.1) is 0 Å². The van der Waals surface area contributed by atoms with E-state index in [0.717, 1.165) is 0 Å². The maximum atomic E-state index is 11.9. The van der Waals surface area contributed by atoms with Gasteiger partial charge in [0.1, 0.15) is 5.54 Å². The van der Waals surface area contributed by atoms with Crippen molar-refractivity contribution in [3.05, 3.63) is 0 Å². The van der Waals surface area contributed by atoms with Gasteiger partial charge in [0.15, 0.2) is 0 Å². The van der Waals surface area contributed by atoms with Crippen molar-refractivity contribution >= 4 is 17.9 Å². The smallest absolute Gasteiger partial charge is 0.456 e. The summed E-state index contributed by atoms with van der Waals surface area (Å²) in [5, 5.41) is 8.92. The fraction of sp³-hybridized carbons (Fsp3) is 0.875. The molecule has 0 bridgehead atoms. The first-order chi connectivity index (χ1) is 6.40. The summed E-state index contributed by atoms with van der Waals surface area (Å²) in [6.07, 6.45) is 0. The highest BCUT2D eigenvalue weighted by Crippen LogP contribution is 2.36. The molecule has 0 heterocycles. The minimum Gasteiger partial charge on any atom is -0.480 e. The van der Waals surface area contributed by atoms with Gasteiger partial charge in [-0.2, -0.15) is 13.2 Å². The number of nitrogens with one attached hydrogen (secondary N) is 1. The van der Waals surface area contributed by atoms with E-state index < -0.39 is 34.4 Å². The molecule has 0 spiro atoms. The summed E-state index contributed by atoms with van der Waals surface area (Å²) in [5.41, 5.74) is -6.98. The Kier molecular flexibility index (Phi) is 4.09. The molecule has 0 aliphatic rings. The molecule has 0 amide bonds. The lowest BCUT2D eigenvalue weighted by molar-refractivity contribution is -0.147. The number of rotatable bonds is 3. The van der Waals surface area contributed by atoms with E-state index in [1.165, 1.54) is 6.92 Å². The molecule has 2 N–H and O–H groups in total.